The molecule has 1 fully saturated rings. The highest BCUT2D eigenvalue weighted by Gasteiger charge is 2.44. The molecule has 5 heteroatoms. The van der Waals surface area contributed by atoms with Crippen LogP contribution in [0.5, 0.6) is 5.75 Å². The van der Waals surface area contributed by atoms with Gasteiger partial charge in [0.05, 0.1) is 12.7 Å². The predicted molar refractivity (Wildman–Crippen MR) is 87.6 cm³/mol. The summed E-state index contributed by atoms with van der Waals surface area (Å²) in [4.78, 5) is 12.4. The summed E-state index contributed by atoms with van der Waals surface area (Å²) in [6, 6.07) is 11.4. The van der Waals surface area contributed by atoms with Gasteiger partial charge in [0.25, 0.3) is 5.91 Å². The molecule has 0 saturated heterocycles. The molecule has 1 aliphatic carbocycles. The summed E-state index contributed by atoms with van der Waals surface area (Å²) in [5.41, 5.74) is 1.43. The van der Waals surface area contributed by atoms with Crippen molar-refractivity contribution >= 4 is 17.5 Å². The third-order valence-electron chi connectivity index (χ3n) is 4.31. The zero-order valence-electron chi connectivity index (χ0n) is 12.7. The third-order valence-corrected chi connectivity index (χ3v) is 4.54. The first kappa shape index (κ1) is 15.8. The van der Waals surface area contributed by atoms with E-state index in [1.165, 1.54) is 19.2 Å². The zero-order chi connectivity index (χ0) is 16.4. The molecule has 2 aromatic rings. The number of hydrogen-bond donors (Lipinski definition) is 1. The molecule has 0 aliphatic heterocycles. The van der Waals surface area contributed by atoms with Crippen molar-refractivity contribution in [3.05, 3.63) is 64.4 Å². The number of carbonyl (C=O) groups excluding carboxylic acids is 1. The lowest BCUT2D eigenvalue weighted by molar-refractivity contribution is 0.0946. The molecular weight excluding hydrogens is 317 g/mol. The number of amides is 1. The second kappa shape index (κ2) is 6.20. The number of rotatable bonds is 5. The summed E-state index contributed by atoms with van der Waals surface area (Å²) in [6.07, 6.45) is 1.97. The minimum absolute atomic E-state index is 0.0803. The van der Waals surface area contributed by atoms with E-state index in [4.69, 9.17) is 16.3 Å². The van der Waals surface area contributed by atoms with E-state index in [0.29, 0.717) is 22.9 Å². The molecule has 0 spiro atoms. The lowest BCUT2D eigenvalue weighted by atomic mass is 9.96. The van der Waals surface area contributed by atoms with Crippen molar-refractivity contribution in [2.24, 2.45) is 0 Å². The first-order valence-electron chi connectivity index (χ1n) is 7.42. The van der Waals surface area contributed by atoms with Gasteiger partial charge in [0.1, 0.15) is 11.6 Å². The molecule has 3 rings (SSSR count). The van der Waals surface area contributed by atoms with Crippen molar-refractivity contribution in [2.45, 2.75) is 18.3 Å². The number of methoxy groups -OCH3 is 1. The van der Waals surface area contributed by atoms with Crippen molar-refractivity contribution in [1.29, 1.82) is 0 Å². The molecule has 1 N–H and O–H groups in total. The van der Waals surface area contributed by atoms with Crippen LogP contribution in [0.4, 0.5) is 4.39 Å². The number of carbonyl (C=O) groups is 1. The first-order chi connectivity index (χ1) is 11.0. The first-order valence-corrected chi connectivity index (χ1v) is 7.80. The molecule has 120 valence electrons. The van der Waals surface area contributed by atoms with Crippen LogP contribution in [-0.2, 0) is 5.41 Å². The van der Waals surface area contributed by atoms with Gasteiger partial charge in [-0.1, -0.05) is 23.7 Å². The van der Waals surface area contributed by atoms with Gasteiger partial charge in [0, 0.05) is 17.0 Å². The molecule has 0 unspecified atom stereocenters. The van der Waals surface area contributed by atoms with E-state index in [1.54, 1.807) is 30.3 Å². The van der Waals surface area contributed by atoms with Gasteiger partial charge in [-0.25, -0.2) is 4.39 Å². The zero-order valence-corrected chi connectivity index (χ0v) is 13.5. The summed E-state index contributed by atoms with van der Waals surface area (Å²) in [5, 5.41) is 3.47. The summed E-state index contributed by atoms with van der Waals surface area (Å²) in [5.74, 6) is -0.00646. The Balaban J connectivity index is 1.71. The molecule has 1 aliphatic rings. The van der Waals surface area contributed by atoms with E-state index in [1.807, 2.05) is 0 Å². The fourth-order valence-electron chi connectivity index (χ4n) is 2.72. The Morgan fingerprint density at radius 1 is 1.26 bits per heavy atom. The van der Waals surface area contributed by atoms with Gasteiger partial charge in [-0.15, -0.1) is 0 Å². The fraction of sp³-hybridized carbons (Fsp3) is 0.278. The molecule has 0 atom stereocenters. The Kier molecular flexibility index (Phi) is 4.26. The largest absolute Gasteiger partial charge is 0.496 e. The predicted octanol–water partition coefficient (Wildman–Crippen LogP) is 3.95. The smallest absolute Gasteiger partial charge is 0.255 e. The molecule has 2 aromatic carbocycles. The monoisotopic (exact) mass is 333 g/mol. The number of hydrogen-bond acceptors (Lipinski definition) is 2. The number of nitrogens with one attached hydrogen (secondary N) is 1. The van der Waals surface area contributed by atoms with Crippen molar-refractivity contribution < 1.29 is 13.9 Å². The van der Waals surface area contributed by atoms with Crippen LogP contribution in [0.15, 0.2) is 42.5 Å². The van der Waals surface area contributed by atoms with E-state index >= 15 is 0 Å². The summed E-state index contributed by atoms with van der Waals surface area (Å²) >= 11 is 5.91. The van der Waals surface area contributed by atoms with E-state index in [0.717, 1.165) is 18.4 Å². The molecule has 0 bridgehead atoms. The van der Waals surface area contributed by atoms with Crippen LogP contribution in [-0.4, -0.2) is 19.6 Å². The Bertz CT molecular complexity index is 726. The topological polar surface area (TPSA) is 38.3 Å². The maximum absolute atomic E-state index is 13.1. The Hall–Kier alpha value is -2.07. The number of halogens is 2. The molecule has 3 nitrogen and oxygen atoms in total. The van der Waals surface area contributed by atoms with E-state index < -0.39 is 0 Å². The second-order valence-corrected chi connectivity index (χ2v) is 6.25. The van der Waals surface area contributed by atoms with Crippen LogP contribution in [0.2, 0.25) is 5.02 Å². The highest BCUT2D eigenvalue weighted by molar-refractivity contribution is 6.30. The van der Waals surface area contributed by atoms with E-state index in [2.05, 4.69) is 5.32 Å². The van der Waals surface area contributed by atoms with Crippen LogP contribution in [0, 0.1) is 5.82 Å². The quantitative estimate of drug-likeness (QED) is 0.899. The molecule has 1 saturated carbocycles. The maximum Gasteiger partial charge on any atom is 0.255 e. The van der Waals surface area contributed by atoms with Gasteiger partial charge >= 0.3 is 0 Å². The highest BCUT2D eigenvalue weighted by atomic mass is 35.5. The molecule has 23 heavy (non-hydrogen) atoms. The van der Waals surface area contributed by atoms with Crippen LogP contribution in [0.1, 0.15) is 28.8 Å². The molecule has 0 aromatic heterocycles. The second-order valence-electron chi connectivity index (χ2n) is 5.81. The molecule has 1 amide bonds. The Labute approximate surface area is 139 Å². The van der Waals surface area contributed by atoms with Crippen LogP contribution in [0.25, 0.3) is 0 Å². The van der Waals surface area contributed by atoms with Crippen molar-refractivity contribution in [1.82, 2.24) is 5.32 Å². The normalized spacial score (nSPS) is 15.1. The molecule has 0 radical (unpaired) electrons. The number of ether oxygens (including phenoxy) is 1. The van der Waals surface area contributed by atoms with Crippen molar-refractivity contribution in [3.63, 3.8) is 0 Å². The van der Waals surface area contributed by atoms with Crippen LogP contribution < -0.4 is 10.1 Å². The summed E-state index contributed by atoms with van der Waals surface area (Å²) in [6.45, 7) is 0.517. The molecular formula is C18H17ClFNO2. The average Bonchev–Trinajstić information content (AvgIpc) is 3.34. The van der Waals surface area contributed by atoms with Crippen LogP contribution in [0.3, 0.4) is 0 Å². The lowest BCUT2D eigenvalue weighted by Crippen LogP contribution is -2.32. The van der Waals surface area contributed by atoms with E-state index in [9.17, 15) is 9.18 Å². The highest BCUT2D eigenvalue weighted by Crippen LogP contribution is 2.47. The van der Waals surface area contributed by atoms with Gasteiger partial charge in [-0.3, -0.25) is 4.79 Å². The van der Waals surface area contributed by atoms with Gasteiger partial charge in [-0.2, -0.15) is 0 Å². The summed E-state index contributed by atoms with van der Waals surface area (Å²) < 4.78 is 18.3. The molecule has 0 heterocycles. The van der Waals surface area contributed by atoms with Gasteiger partial charge in [-0.05, 0) is 48.7 Å². The lowest BCUT2D eigenvalue weighted by Gasteiger charge is -2.17. The summed E-state index contributed by atoms with van der Waals surface area (Å²) in [7, 11) is 1.50. The standard InChI is InChI=1S/C18H17ClFNO2/c1-23-16-10-13(19)4-7-15(16)17(22)21-11-18(8-9-18)12-2-5-14(20)6-3-12/h2-7,10H,8-9,11H2,1H3,(H,21,22). The number of benzene rings is 2. The third kappa shape index (κ3) is 3.32. The minimum atomic E-state index is -0.250. The fourth-order valence-corrected chi connectivity index (χ4v) is 2.88. The van der Waals surface area contributed by atoms with Crippen LogP contribution >= 0.6 is 11.6 Å². The van der Waals surface area contributed by atoms with Gasteiger partial charge < -0.3 is 10.1 Å². The SMILES string of the molecule is COc1cc(Cl)ccc1C(=O)NCC1(c2ccc(F)cc2)CC1. The minimum Gasteiger partial charge on any atom is -0.496 e. The average molecular weight is 334 g/mol. The Morgan fingerprint density at radius 2 is 1.96 bits per heavy atom. The maximum atomic E-state index is 13.1. The Morgan fingerprint density at radius 3 is 2.57 bits per heavy atom. The van der Waals surface area contributed by atoms with E-state index in [-0.39, 0.29) is 17.1 Å². The van der Waals surface area contributed by atoms with Gasteiger partial charge in [0.15, 0.2) is 0 Å². The van der Waals surface area contributed by atoms with Crippen molar-refractivity contribution in [2.75, 3.05) is 13.7 Å². The van der Waals surface area contributed by atoms with Crippen molar-refractivity contribution in [3.8, 4) is 5.75 Å². The van der Waals surface area contributed by atoms with Gasteiger partial charge in [0.2, 0.25) is 0 Å².